The van der Waals surface area contributed by atoms with Crippen molar-refractivity contribution >= 4 is 5.96 Å². The van der Waals surface area contributed by atoms with Crippen LogP contribution < -0.4 is 16.6 Å². The summed E-state index contributed by atoms with van der Waals surface area (Å²) in [6, 6.07) is 1.01. The fraction of sp³-hybridized carbons (Fsp3) is 0.923. The van der Waals surface area contributed by atoms with Gasteiger partial charge in [0.25, 0.3) is 0 Å². The molecule has 18 heavy (non-hydrogen) atoms. The molecule has 0 aromatic carbocycles. The number of aliphatic imine (C=N–C) groups is 1. The van der Waals surface area contributed by atoms with Crippen molar-refractivity contribution in [3.63, 3.8) is 0 Å². The van der Waals surface area contributed by atoms with Crippen LogP contribution in [0.25, 0.3) is 0 Å². The molecule has 3 aliphatic heterocycles. The van der Waals surface area contributed by atoms with Gasteiger partial charge in [0.15, 0.2) is 0 Å². The lowest BCUT2D eigenvalue weighted by Gasteiger charge is -2.43. The van der Waals surface area contributed by atoms with Crippen LogP contribution in [0.1, 0.15) is 38.5 Å². The predicted octanol–water partition coefficient (Wildman–Crippen LogP) is 0.432. The summed E-state index contributed by atoms with van der Waals surface area (Å²) in [6.45, 7) is 3.64. The first-order valence-corrected chi connectivity index (χ1v) is 7.38. The standard InChI is InChI=1S/C13H25N5/c14-17-13(15-11-3-1-2-4-11)16-12-9-18-7-5-10(12)6-8-18/h10-12H,1-9,14H2,(H2,15,16,17). The number of nitrogens with two attached hydrogens (primary N) is 1. The number of rotatable bonds is 2. The van der Waals surface area contributed by atoms with Crippen molar-refractivity contribution < 1.29 is 0 Å². The average molecular weight is 251 g/mol. The smallest absolute Gasteiger partial charge is 0.206 e. The topological polar surface area (TPSA) is 65.7 Å². The molecule has 0 spiro atoms. The molecule has 5 nitrogen and oxygen atoms in total. The number of fused-ring (bicyclic) bond motifs is 3. The highest BCUT2D eigenvalue weighted by Gasteiger charge is 2.34. The fourth-order valence-corrected chi connectivity index (χ4v) is 3.63. The molecule has 4 aliphatic rings. The van der Waals surface area contributed by atoms with Crippen molar-refractivity contribution in [1.29, 1.82) is 0 Å². The summed E-state index contributed by atoms with van der Waals surface area (Å²) in [7, 11) is 0. The molecule has 0 aromatic heterocycles. The molecular formula is C13H25N5. The van der Waals surface area contributed by atoms with Crippen LogP contribution in [0, 0.1) is 5.92 Å². The Morgan fingerprint density at radius 3 is 2.39 bits per heavy atom. The van der Waals surface area contributed by atoms with Crippen molar-refractivity contribution in [3.05, 3.63) is 0 Å². The molecule has 3 saturated heterocycles. The zero-order valence-electron chi connectivity index (χ0n) is 11.1. The van der Waals surface area contributed by atoms with E-state index in [9.17, 15) is 0 Å². The first-order chi connectivity index (χ1) is 8.85. The van der Waals surface area contributed by atoms with Gasteiger partial charge < -0.3 is 10.2 Å². The average Bonchev–Trinajstić information content (AvgIpc) is 2.92. The third-order valence-corrected chi connectivity index (χ3v) is 4.75. The highest BCUT2D eigenvalue weighted by atomic mass is 15.3. The molecule has 0 radical (unpaired) electrons. The number of nitrogens with one attached hydrogen (secondary N) is 2. The van der Waals surface area contributed by atoms with Gasteiger partial charge in [-0.2, -0.15) is 0 Å². The summed E-state index contributed by atoms with van der Waals surface area (Å²) in [6.07, 6.45) is 7.76. The summed E-state index contributed by atoms with van der Waals surface area (Å²) in [5.41, 5.74) is 2.76. The monoisotopic (exact) mass is 251 g/mol. The van der Waals surface area contributed by atoms with Gasteiger partial charge in [0.05, 0.1) is 6.04 Å². The zero-order valence-corrected chi connectivity index (χ0v) is 11.1. The molecule has 4 fully saturated rings. The second-order valence-electron chi connectivity index (χ2n) is 5.95. The van der Waals surface area contributed by atoms with E-state index in [0.717, 1.165) is 18.4 Å². The number of hydrogen-bond donors (Lipinski definition) is 3. The molecule has 5 heteroatoms. The van der Waals surface area contributed by atoms with Gasteiger partial charge in [-0.25, -0.2) is 10.8 Å². The van der Waals surface area contributed by atoms with Crippen LogP contribution >= 0.6 is 0 Å². The van der Waals surface area contributed by atoms with E-state index < -0.39 is 0 Å². The van der Waals surface area contributed by atoms with E-state index in [1.807, 2.05) is 0 Å². The minimum absolute atomic E-state index is 0.437. The molecule has 1 saturated carbocycles. The van der Waals surface area contributed by atoms with Crippen molar-refractivity contribution in [3.8, 4) is 0 Å². The maximum atomic E-state index is 5.61. The Hall–Kier alpha value is -0.810. The molecule has 1 atom stereocenters. The van der Waals surface area contributed by atoms with E-state index in [2.05, 4.69) is 15.6 Å². The SMILES string of the molecule is NNC(=NC1CN2CCC1CC2)NC1CCCC1. The Bertz CT molecular complexity index is 303. The molecule has 0 amide bonds. The lowest BCUT2D eigenvalue weighted by Crippen LogP contribution is -2.52. The summed E-state index contributed by atoms with van der Waals surface area (Å²) < 4.78 is 0. The van der Waals surface area contributed by atoms with Gasteiger partial charge in [0, 0.05) is 12.6 Å². The quantitative estimate of drug-likeness (QED) is 0.288. The van der Waals surface area contributed by atoms with Gasteiger partial charge in [-0.1, -0.05) is 12.8 Å². The molecule has 102 valence electrons. The second-order valence-corrected chi connectivity index (χ2v) is 5.95. The number of nitrogens with zero attached hydrogens (tertiary/aromatic N) is 2. The largest absolute Gasteiger partial charge is 0.353 e. The molecule has 4 rings (SSSR count). The predicted molar refractivity (Wildman–Crippen MR) is 73.1 cm³/mol. The Morgan fingerprint density at radius 1 is 1.11 bits per heavy atom. The highest BCUT2D eigenvalue weighted by molar-refractivity contribution is 5.79. The van der Waals surface area contributed by atoms with Gasteiger partial charge in [-0.3, -0.25) is 5.43 Å². The molecule has 3 heterocycles. The summed E-state index contributed by atoms with van der Waals surface area (Å²) in [4.78, 5) is 7.35. The first-order valence-electron chi connectivity index (χ1n) is 7.38. The van der Waals surface area contributed by atoms with Gasteiger partial charge in [0.2, 0.25) is 5.96 Å². The van der Waals surface area contributed by atoms with E-state index in [0.29, 0.717) is 12.1 Å². The normalized spacial score (nSPS) is 36.9. The van der Waals surface area contributed by atoms with Crippen molar-refractivity contribution in [2.45, 2.75) is 50.6 Å². The number of hydrogen-bond acceptors (Lipinski definition) is 3. The van der Waals surface area contributed by atoms with Crippen LogP contribution in [0.2, 0.25) is 0 Å². The van der Waals surface area contributed by atoms with Crippen molar-refractivity contribution in [2.75, 3.05) is 19.6 Å². The number of piperidine rings is 3. The van der Waals surface area contributed by atoms with E-state index in [4.69, 9.17) is 10.8 Å². The Morgan fingerprint density at radius 2 is 1.83 bits per heavy atom. The van der Waals surface area contributed by atoms with E-state index >= 15 is 0 Å². The molecule has 4 N–H and O–H groups in total. The van der Waals surface area contributed by atoms with Gasteiger partial charge >= 0.3 is 0 Å². The first kappa shape index (κ1) is 12.2. The van der Waals surface area contributed by atoms with Gasteiger partial charge in [-0.05, 0) is 44.7 Å². The van der Waals surface area contributed by atoms with Crippen molar-refractivity contribution in [1.82, 2.24) is 15.6 Å². The van der Waals surface area contributed by atoms with E-state index in [1.165, 1.54) is 51.6 Å². The van der Waals surface area contributed by atoms with Crippen LogP contribution in [0.3, 0.4) is 0 Å². The van der Waals surface area contributed by atoms with Gasteiger partial charge in [0.1, 0.15) is 0 Å². The number of guanidine groups is 1. The van der Waals surface area contributed by atoms with Crippen molar-refractivity contribution in [2.24, 2.45) is 16.8 Å². The van der Waals surface area contributed by atoms with E-state index in [-0.39, 0.29) is 0 Å². The Balaban J connectivity index is 1.61. The maximum absolute atomic E-state index is 5.61. The molecule has 1 unspecified atom stereocenters. The summed E-state index contributed by atoms with van der Waals surface area (Å²) in [5.74, 6) is 7.18. The summed E-state index contributed by atoms with van der Waals surface area (Å²) in [5, 5.41) is 3.47. The van der Waals surface area contributed by atoms with Crippen LogP contribution in [0.4, 0.5) is 0 Å². The molecule has 0 aromatic rings. The minimum Gasteiger partial charge on any atom is -0.353 e. The number of hydrazine groups is 1. The molecular weight excluding hydrogens is 226 g/mol. The maximum Gasteiger partial charge on any atom is 0.206 e. The Labute approximate surface area is 109 Å². The lowest BCUT2D eigenvalue weighted by molar-refractivity contribution is 0.0902. The minimum atomic E-state index is 0.437. The third-order valence-electron chi connectivity index (χ3n) is 4.75. The summed E-state index contributed by atoms with van der Waals surface area (Å²) >= 11 is 0. The van der Waals surface area contributed by atoms with Crippen LogP contribution in [0.15, 0.2) is 4.99 Å². The fourth-order valence-electron chi connectivity index (χ4n) is 3.63. The van der Waals surface area contributed by atoms with Crippen LogP contribution in [0.5, 0.6) is 0 Å². The highest BCUT2D eigenvalue weighted by Crippen LogP contribution is 2.29. The zero-order chi connectivity index (χ0) is 12.4. The van der Waals surface area contributed by atoms with E-state index in [1.54, 1.807) is 0 Å². The van der Waals surface area contributed by atoms with Gasteiger partial charge in [-0.15, -0.1) is 0 Å². The molecule has 2 bridgehead atoms. The lowest BCUT2D eigenvalue weighted by atomic mass is 9.84. The second kappa shape index (κ2) is 5.45. The van der Waals surface area contributed by atoms with Crippen LogP contribution in [-0.4, -0.2) is 42.6 Å². The molecule has 1 aliphatic carbocycles. The third kappa shape index (κ3) is 2.62. The Kier molecular flexibility index (Phi) is 3.70. The van der Waals surface area contributed by atoms with Crippen LogP contribution in [-0.2, 0) is 0 Å².